The van der Waals surface area contributed by atoms with Crippen molar-refractivity contribution in [3.63, 3.8) is 0 Å². The first-order valence-corrected chi connectivity index (χ1v) is 3.35. The minimum atomic E-state index is -0.388. The number of carbonyl (C=O) groups excluding carboxylic acids is 1. The van der Waals surface area contributed by atoms with Crippen LogP contribution in [0.2, 0.25) is 0 Å². The molecule has 0 unspecified atom stereocenters. The Kier molecular flexibility index (Phi) is 5.16. The molecule has 0 amide bonds. The van der Waals surface area contributed by atoms with E-state index in [1.54, 1.807) is 24.5 Å². The average molecular weight is 191 g/mol. The van der Waals surface area contributed by atoms with Gasteiger partial charge in [0.25, 0.3) is 0 Å². The lowest BCUT2D eigenvalue weighted by atomic mass is 10.7. The zero-order valence-corrected chi connectivity index (χ0v) is 7.29. The standard InChI is InChI=1S/C7H10N2O2.ClH/c8-3-6-11-7(10)9-4-1-2-5-9;/h1-2,4-5H,3,6,8H2;1H. The molecule has 0 radical (unpaired) electrons. The number of rotatable bonds is 2. The number of hydrogen-bond acceptors (Lipinski definition) is 3. The van der Waals surface area contributed by atoms with Crippen LogP contribution >= 0.6 is 12.4 Å². The maximum absolute atomic E-state index is 10.9. The summed E-state index contributed by atoms with van der Waals surface area (Å²) < 4.78 is 6.09. The lowest BCUT2D eigenvalue weighted by molar-refractivity contribution is 0.151. The summed E-state index contributed by atoms with van der Waals surface area (Å²) in [6, 6.07) is 3.51. The summed E-state index contributed by atoms with van der Waals surface area (Å²) >= 11 is 0. The van der Waals surface area contributed by atoms with E-state index in [1.807, 2.05) is 0 Å². The van der Waals surface area contributed by atoms with Gasteiger partial charge in [0.15, 0.2) is 0 Å². The first-order chi connectivity index (χ1) is 5.34. The van der Waals surface area contributed by atoms with Crippen molar-refractivity contribution >= 4 is 18.5 Å². The summed E-state index contributed by atoms with van der Waals surface area (Å²) in [4.78, 5) is 10.9. The Morgan fingerprint density at radius 2 is 2.00 bits per heavy atom. The second kappa shape index (κ2) is 5.62. The third-order valence-corrected chi connectivity index (χ3v) is 1.16. The van der Waals surface area contributed by atoms with Gasteiger partial charge in [-0.2, -0.15) is 0 Å². The summed E-state index contributed by atoms with van der Waals surface area (Å²) in [6.45, 7) is 0.615. The first-order valence-electron chi connectivity index (χ1n) is 3.35. The van der Waals surface area contributed by atoms with Crippen LogP contribution in [0, 0.1) is 0 Å². The summed E-state index contributed by atoms with van der Waals surface area (Å²) in [7, 11) is 0. The van der Waals surface area contributed by atoms with Crippen LogP contribution in [0.3, 0.4) is 0 Å². The van der Waals surface area contributed by atoms with E-state index in [1.165, 1.54) is 4.57 Å². The van der Waals surface area contributed by atoms with E-state index in [-0.39, 0.29) is 25.1 Å². The zero-order chi connectivity index (χ0) is 8.10. The minimum Gasteiger partial charge on any atom is -0.448 e. The molecule has 0 fully saturated rings. The predicted molar refractivity (Wildman–Crippen MR) is 47.5 cm³/mol. The van der Waals surface area contributed by atoms with Gasteiger partial charge >= 0.3 is 6.09 Å². The number of aromatic nitrogens is 1. The van der Waals surface area contributed by atoms with Crippen molar-refractivity contribution in [1.82, 2.24) is 4.57 Å². The third kappa shape index (κ3) is 2.94. The van der Waals surface area contributed by atoms with Crippen LogP contribution < -0.4 is 5.73 Å². The van der Waals surface area contributed by atoms with Crippen molar-refractivity contribution in [1.29, 1.82) is 0 Å². The van der Waals surface area contributed by atoms with Crippen LogP contribution in [-0.4, -0.2) is 23.8 Å². The maximum Gasteiger partial charge on any atom is 0.417 e. The highest BCUT2D eigenvalue weighted by Crippen LogP contribution is 1.91. The molecule has 1 aromatic rings. The first kappa shape index (κ1) is 11.0. The Balaban J connectivity index is 0.00000121. The van der Waals surface area contributed by atoms with E-state index in [0.717, 1.165) is 0 Å². The quantitative estimate of drug-likeness (QED) is 0.753. The number of halogens is 1. The molecular formula is C7H11ClN2O2. The van der Waals surface area contributed by atoms with Gasteiger partial charge in [0, 0.05) is 18.9 Å². The van der Waals surface area contributed by atoms with Crippen molar-refractivity contribution in [3.05, 3.63) is 24.5 Å². The Hall–Kier alpha value is -1.00. The second-order valence-corrected chi connectivity index (χ2v) is 1.99. The molecule has 1 heterocycles. The molecule has 5 heteroatoms. The molecular weight excluding hydrogens is 180 g/mol. The largest absolute Gasteiger partial charge is 0.448 e. The average Bonchev–Trinajstić information content (AvgIpc) is 2.52. The molecule has 1 aromatic heterocycles. The highest BCUT2D eigenvalue weighted by atomic mass is 35.5. The number of nitrogens with two attached hydrogens (primary N) is 1. The van der Waals surface area contributed by atoms with Crippen LogP contribution in [0.4, 0.5) is 4.79 Å². The SMILES string of the molecule is Cl.NCCOC(=O)n1cccc1. The molecule has 0 aromatic carbocycles. The molecule has 0 saturated heterocycles. The van der Waals surface area contributed by atoms with Gasteiger partial charge < -0.3 is 10.5 Å². The minimum absolute atomic E-state index is 0. The van der Waals surface area contributed by atoms with Gasteiger partial charge in [-0.05, 0) is 12.1 Å². The number of carbonyl (C=O) groups is 1. The molecule has 4 nitrogen and oxygen atoms in total. The molecule has 0 aliphatic rings. The van der Waals surface area contributed by atoms with Gasteiger partial charge in [-0.3, -0.25) is 4.57 Å². The zero-order valence-electron chi connectivity index (χ0n) is 6.47. The van der Waals surface area contributed by atoms with Crippen LogP contribution in [0.25, 0.3) is 0 Å². The van der Waals surface area contributed by atoms with Gasteiger partial charge in [-0.1, -0.05) is 0 Å². The molecule has 0 atom stereocenters. The summed E-state index contributed by atoms with van der Waals surface area (Å²) in [5.41, 5.74) is 5.14. The Bertz CT molecular complexity index is 223. The van der Waals surface area contributed by atoms with Crippen LogP contribution in [0.15, 0.2) is 24.5 Å². The summed E-state index contributed by atoms with van der Waals surface area (Å²) in [5.74, 6) is 0. The third-order valence-electron chi connectivity index (χ3n) is 1.16. The molecule has 0 aliphatic carbocycles. The lowest BCUT2D eigenvalue weighted by Gasteiger charge is -2.01. The van der Waals surface area contributed by atoms with Crippen LogP contribution in [-0.2, 0) is 4.74 Å². The monoisotopic (exact) mass is 190 g/mol. The number of ether oxygens (including phenoxy) is 1. The van der Waals surface area contributed by atoms with Gasteiger partial charge in [-0.25, -0.2) is 4.79 Å². The number of hydrogen-bond donors (Lipinski definition) is 1. The van der Waals surface area contributed by atoms with E-state index in [0.29, 0.717) is 6.54 Å². The van der Waals surface area contributed by atoms with E-state index < -0.39 is 0 Å². The van der Waals surface area contributed by atoms with Crippen LogP contribution in [0.1, 0.15) is 0 Å². The molecule has 2 N–H and O–H groups in total. The fourth-order valence-electron chi connectivity index (χ4n) is 0.677. The van der Waals surface area contributed by atoms with Crippen molar-refractivity contribution in [2.75, 3.05) is 13.2 Å². The van der Waals surface area contributed by atoms with E-state index in [4.69, 9.17) is 10.5 Å². The molecule has 68 valence electrons. The molecule has 12 heavy (non-hydrogen) atoms. The highest BCUT2D eigenvalue weighted by Gasteiger charge is 2.01. The second-order valence-electron chi connectivity index (χ2n) is 1.99. The van der Waals surface area contributed by atoms with E-state index >= 15 is 0 Å². The Labute approximate surface area is 76.7 Å². The molecule has 0 aliphatic heterocycles. The smallest absolute Gasteiger partial charge is 0.417 e. The van der Waals surface area contributed by atoms with Crippen LogP contribution in [0.5, 0.6) is 0 Å². The fourth-order valence-corrected chi connectivity index (χ4v) is 0.677. The summed E-state index contributed by atoms with van der Waals surface area (Å²) in [5, 5.41) is 0. The highest BCUT2D eigenvalue weighted by molar-refractivity contribution is 5.85. The molecule has 0 bridgehead atoms. The number of nitrogens with zero attached hydrogens (tertiary/aromatic N) is 1. The van der Waals surface area contributed by atoms with Crippen molar-refractivity contribution < 1.29 is 9.53 Å². The van der Waals surface area contributed by atoms with Crippen molar-refractivity contribution in [3.8, 4) is 0 Å². The predicted octanol–water partition coefficient (Wildman–Crippen LogP) is 0.853. The van der Waals surface area contributed by atoms with Gasteiger partial charge in [0.05, 0.1) is 0 Å². The van der Waals surface area contributed by atoms with Crippen molar-refractivity contribution in [2.45, 2.75) is 0 Å². The Morgan fingerprint density at radius 3 is 2.50 bits per heavy atom. The molecule has 0 saturated carbocycles. The maximum atomic E-state index is 10.9. The topological polar surface area (TPSA) is 57.2 Å². The van der Waals surface area contributed by atoms with E-state index in [2.05, 4.69) is 0 Å². The normalized spacial score (nSPS) is 8.75. The Morgan fingerprint density at radius 1 is 1.42 bits per heavy atom. The van der Waals surface area contributed by atoms with Gasteiger partial charge in [-0.15, -0.1) is 12.4 Å². The van der Waals surface area contributed by atoms with E-state index in [9.17, 15) is 4.79 Å². The summed E-state index contributed by atoms with van der Waals surface area (Å²) in [6.07, 6.45) is 2.86. The van der Waals surface area contributed by atoms with Crippen molar-refractivity contribution in [2.24, 2.45) is 5.73 Å². The lowest BCUT2D eigenvalue weighted by Crippen LogP contribution is -2.17. The molecule has 1 rings (SSSR count). The molecule has 0 spiro atoms. The van der Waals surface area contributed by atoms with Gasteiger partial charge in [0.1, 0.15) is 6.61 Å². The fraction of sp³-hybridized carbons (Fsp3) is 0.286. The van der Waals surface area contributed by atoms with Gasteiger partial charge in [0.2, 0.25) is 0 Å².